The fourth-order valence-corrected chi connectivity index (χ4v) is 0.753. The Kier molecular flexibility index (Phi) is 4.13. The van der Waals surface area contributed by atoms with Crippen molar-refractivity contribution in [2.45, 2.75) is 25.9 Å². The highest BCUT2D eigenvalue weighted by molar-refractivity contribution is 5.87. The average molecular weight is 194 g/mol. The van der Waals surface area contributed by atoms with Crippen LogP contribution in [0.25, 0.3) is 0 Å². The smallest absolute Gasteiger partial charge is 0.335 e. The summed E-state index contributed by atoms with van der Waals surface area (Å²) in [5.74, 6) is -0.950. The molecule has 1 saturated carbocycles. The Balaban J connectivity index is 0.000000276. The molecule has 0 unspecified atom stereocenters. The Labute approximate surface area is 83.0 Å². The highest BCUT2D eigenvalue weighted by atomic mass is 16.4. The van der Waals surface area contributed by atoms with Crippen molar-refractivity contribution in [2.24, 2.45) is 0 Å². The standard InChI is InChI=1S/C8H8O3.C3H6/c9-5-6-1-3-7(4-2-6)8(10)11;1-2-3-1/h1-4,9H,5H2,(H,10,11);1-3H2. The first kappa shape index (κ1) is 10.7. The summed E-state index contributed by atoms with van der Waals surface area (Å²) in [6.07, 6.45) is 4.50. The number of aliphatic hydroxyl groups is 1. The number of aliphatic hydroxyl groups excluding tert-OH is 1. The van der Waals surface area contributed by atoms with Crippen LogP contribution >= 0.6 is 0 Å². The third-order valence-electron chi connectivity index (χ3n) is 1.74. The largest absolute Gasteiger partial charge is 0.478 e. The number of hydrogen-bond acceptors (Lipinski definition) is 2. The monoisotopic (exact) mass is 194 g/mol. The Morgan fingerprint density at radius 3 is 1.93 bits per heavy atom. The van der Waals surface area contributed by atoms with Crippen molar-refractivity contribution in [1.29, 1.82) is 0 Å². The minimum Gasteiger partial charge on any atom is -0.478 e. The first-order chi connectivity index (χ1) is 6.74. The molecular weight excluding hydrogens is 180 g/mol. The van der Waals surface area contributed by atoms with Gasteiger partial charge in [0, 0.05) is 0 Å². The highest BCUT2D eigenvalue weighted by Crippen LogP contribution is 2.14. The van der Waals surface area contributed by atoms with Crippen molar-refractivity contribution in [1.82, 2.24) is 0 Å². The summed E-state index contributed by atoms with van der Waals surface area (Å²) in [5.41, 5.74) is 0.956. The van der Waals surface area contributed by atoms with Gasteiger partial charge in [-0.25, -0.2) is 4.79 Å². The summed E-state index contributed by atoms with van der Waals surface area (Å²) in [4.78, 5) is 10.3. The van der Waals surface area contributed by atoms with Crippen LogP contribution in [0, 0.1) is 0 Å². The molecule has 0 bridgehead atoms. The molecule has 1 aliphatic rings. The molecule has 1 aliphatic carbocycles. The van der Waals surface area contributed by atoms with E-state index in [9.17, 15) is 4.79 Å². The fraction of sp³-hybridized carbons (Fsp3) is 0.364. The lowest BCUT2D eigenvalue weighted by atomic mass is 10.1. The van der Waals surface area contributed by atoms with Crippen molar-refractivity contribution >= 4 is 5.97 Å². The molecule has 0 saturated heterocycles. The molecule has 2 N–H and O–H groups in total. The van der Waals surface area contributed by atoms with E-state index in [2.05, 4.69) is 0 Å². The number of aromatic carboxylic acids is 1. The normalized spacial score (nSPS) is 12.6. The van der Waals surface area contributed by atoms with E-state index >= 15 is 0 Å². The van der Waals surface area contributed by atoms with Gasteiger partial charge in [0.15, 0.2) is 0 Å². The molecule has 0 amide bonds. The first-order valence-corrected chi connectivity index (χ1v) is 4.67. The number of rotatable bonds is 2. The number of carboxylic acids is 1. The number of benzene rings is 1. The second-order valence-electron chi connectivity index (χ2n) is 3.22. The summed E-state index contributed by atoms with van der Waals surface area (Å²) >= 11 is 0. The molecular formula is C11H14O3. The van der Waals surface area contributed by atoms with Gasteiger partial charge in [0.1, 0.15) is 0 Å². The summed E-state index contributed by atoms with van der Waals surface area (Å²) in [5, 5.41) is 17.1. The van der Waals surface area contributed by atoms with E-state index in [4.69, 9.17) is 10.2 Å². The van der Waals surface area contributed by atoms with Gasteiger partial charge in [0.2, 0.25) is 0 Å². The summed E-state index contributed by atoms with van der Waals surface area (Å²) < 4.78 is 0. The van der Waals surface area contributed by atoms with Gasteiger partial charge >= 0.3 is 5.97 Å². The molecule has 0 aliphatic heterocycles. The zero-order valence-electron chi connectivity index (χ0n) is 7.94. The van der Waals surface area contributed by atoms with Crippen LogP contribution in [0.3, 0.4) is 0 Å². The Bertz CT molecular complexity index is 285. The highest BCUT2D eigenvalue weighted by Gasteiger charge is 1.99. The van der Waals surface area contributed by atoms with E-state index < -0.39 is 5.97 Å². The topological polar surface area (TPSA) is 57.5 Å². The SMILES string of the molecule is C1CC1.O=C(O)c1ccc(CO)cc1. The van der Waals surface area contributed by atoms with Crippen molar-refractivity contribution in [3.63, 3.8) is 0 Å². The van der Waals surface area contributed by atoms with Crippen LogP contribution in [-0.2, 0) is 6.61 Å². The lowest BCUT2D eigenvalue weighted by molar-refractivity contribution is 0.0697. The second-order valence-corrected chi connectivity index (χ2v) is 3.22. The Morgan fingerprint density at radius 2 is 1.64 bits per heavy atom. The molecule has 76 valence electrons. The molecule has 14 heavy (non-hydrogen) atoms. The molecule has 1 aromatic carbocycles. The molecule has 0 aromatic heterocycles. The van der Waals surface area contributed by atoms with Crippen LogP contribution in [-0.4, -0.2) is 16.2 Å². The van der Waals surface area contributed by atoms with Gasteiger partial charge in [-0.1, -0.05) is 31.4 Å². The van der Waals surface area contributed by atoms with Crippen molar-refractivity contribution in [3.05, 3.63) is 35.4 Å². The van der Waals surface area contributed by atoms with Gasteiger partial charge in [0.05, 0.1) is 12.2 Å². The zero-order valence-corrected chi connectivity index (χ0v) is 7.94. The van der Waals surface area contributed by atoms with Gasteiger partial charge in [-0.05, 0) is 17.7 Å². The summed E-state index contributed by atoms with van der Waals surface area (Å²) in [7, 11) is 0. The molecule has 1 aromatic rings. The average Bonchev–Trinajstić information content (AvgIpc) is 3.05. The number of carboxylic acid groups (broad SMARTS) is 1. The van der Waals surface area contributed by atoms with Gasteiger partial charge in [-0.2, -0.15) is 0 Å². The number of hydrogen-bond donors (Lipinski definition) is 2. The maximum atomic E-state index is 10.3. The zero-order chi connectivity index (χ0) is 10.4. The summed E-state index contributed by atoms with van der Waals surface area (Å²) in [6.45, 7) is -0.0557. The lowest BCUT2D eigenvalue weighted by Crippen LogP contribution is -1.95. The molecule has 1 fully saturated rings. The second kappa shape index (κ2) is 5.40. The van der Waals surface area contributed by atoms with Gasteiger partial charge < -0.3 is 10.2 Å². The molecule has 3 heteroatoms. The third-order valence-corrected chi connectivity index (χ3v) is 1.74. The van der Waals surface area contributed by atoms with Crippen molar-refractivity contribution in [3.8, 4) is 0 Å². The Morgan fingerprint density at radius 1 is 1.14 bits per heavy atom. The van der Waals surface area contributed by atoms with E-state index in [-0.39, 0.29) is 12.2 Å². The quantitative estimate of drug-likeness (QED) is 0.757. The molecule has 2 rings (SSSR count). The van der Waals surface area contributed by atoms with Crippen LogP contribution in [0.1, 0.15) is 35.2 Å². The predicted octanol–water partition coefficient (Wildman–Crippen LogP) is 2.05. The summed E-state index contributed by atoms with van der Waals surface area (Å²) in [6, 6.07) is 6.11. The van der Waals surface area contributed by atoms with Crippen molar-refractivity contribution < 1.29 is 15.0 Å². The molecule has 0 radical (unpaired) electrons. The van der Waals surface area contributed by atoms with E-state index in [0.717, 1.165) is 5.56 Å². The number of carbonyl (C=O) groups is 1. The van der Waals surface area contributed by atoms with Crippen LogP contribution in [0.15, 0.2) is 24.3 Å². The van der Waals surface area contributed by atoms with E-state index in [1.54, 1.807) is 12.1 Å². The maximum absolute atomic E-state index is 10.3. The first-order valence-electron chi connectivity index (χ1n) is 4.67. The van der Waals surface area contributed by atoms with E-state index in [1.165, 1.54) is 31.4 Å². The predicted molar refractivity (Wildman–Crippen MR) is 53.2 cm³/mol. The van der Waals surface area contributed by atoms with Crippen molar-refractivity contribution in [2.75, 3.05) is 0 Å². The van der Waals surface area contributed by atoms with Crippen LogP contribution in [0.5, 0.6) is 0 Å². The molecule has 0 atom stereocenters. The van der Waals surface area contributed by atoms with Crippen LogP contribution in [0.4, 0.5) is 0 Å². The fourth-order valence-electron chi connectivity index (χ4n) is 0.753. The minimum absolute atomic E-state index is 0.0557. The van der Waals surface area contributed by atoms with Gasteiger partial charge in [0.25, 0.3) is 0 Å². The van der Waals surface area contributed by atoms with Crippen LogP contribution < -0.4 is 0 Å². The van der Waals surface area contributed by atoms with Crippen LogP contribution in [0.2, 0.25) is 0 Å². The Hall–Kier alpha value is -1.35. The van der Waals surface area contributed by atoms with E-state index in [0.29, 0.717) is 0 Å². The lowest BCUT2D eigenvalue weighted by Gasteiger charge is -1.95. The molecule has 3 nitrogen and oxygen atoms in total. The van der Waals surface area contributed by atoms with Gasteiger partial charge in [-0.3, -0.25) is 0 Å². The maximum Gasteiger partial charge on any atom is 0.335 e. The molecule has 0 spiro atoms. The van der Waals surface area contributed by atoms with E-state index in [1.807, 2.05) is 0 Å². The third kappa shape index (κ3) is 4.05. The molecule has 0 heterocycles. The van der Waals surface area contributed by atoms with Gasteiger partial charge in [-0.15, -0.1) is 0 Å². The minimum atomic E-state index is -0.950.